The molecular weight excluding hydrogens is 200 g/mol. The Morgan fingerprint density at radius 1 is 1.38 bits per heavy atom. The fourth-order valence-corrected chi connectivity index (χ4v) is 2.46. The van der Waals surface area contributed by atoms with E-state index in [1.54, 1.807) is 0 Å². The molecule has 0 radical (unpaired) electrons. The van der Waals surface area contributed by atoms with Gasteiger partial charge < -0.3 is 16.2 Å². The number of nitrogens with one attached hydrogen (secondary N) is 1. The molecule has 3 heteroatoms. The Hall–Kier alpha value is -0.380. The first-order valence-corrected chi connectivity index (χ1v) is 6.51. The number of hydrogen-bond acceptors (Lipinski definition) is 3. The molecule has 0 amide bonds. The summed E-state index contributed by atoms with van der Waals surface area (Å²) >= 11 is 0. The lowest BCUT2D eigenvalue weighted by molar-refractivity contribution is -0.0311. The van der Waals surface area contributed by atoms with Crippen molar-refractivity contribution in [3.63, 3.8) is 0 Å². The van der Waals surface area contributed by atoms with Gasteiger partial charge in [-0.15, -0.1) is 0 Å². The molecule has 1 heterocycles. The lowest BCUT2D eigenvalue weighted by Gasteiger charge is -2.37. The van der Waals surface area contributed by atoms with E-state index in [1.165, 1.54) is 0 Å². The van der Waals surface area contributed by atoms with Crippen LogP contribution in [0.3, 0.4) is 0 Å². The zero-order valence-electron chi connectivity index (χ0n) is 10.4. The van der Waals surface area contributed by atoms with Crippen molar-refractivity contribution in [2.24, 2.45) is 11.7 Å². The third-order valence-electron chi connectivity index (χ3n) is 3.68. The highest BCUT2D eigenvalue weighted by molar-refractivity contribution is 4.96. The van der Waals surface area contributed by atoms with Crippen molar-refractivity contribution < 1.29 is 5.11 Å². The summed E-state index contributed by atoms with van der Waals surface area (Å²) in [7, 11) is 0. The van der Waals surface area contributed by atoms with Gasteiger partial charge in [0, 0.05) is 0 Å². The summed E-state index contributed by atoms with van der Waals surface area (Å²) < 4.78 is 0. The van der Waals surface area contributed by atoms with Crippen molar-refractivity contribution in [2.75, 3.05) is 19.6 Å². The maximum Gasteiger partial charge on any atom is 0.0708 e. The fourth-order valence-electron chi connectivity index (χ4n) is 2.46. The SMILES string of the molecule is CCC(O)(C/C=C\CCN)C1CCNCC1. The third-order valence-corrected chi connectivity index (χ3v) is 3.68. The smallest absolute Gasteiger partial charge is 0.0708 e. The maximum absolute atomic E-state index is 10.6. The molecule has 16 heavy (non-hydrogen) atoms. The second kappa shape index (κ2) is 7.05. The lowest BCUT2D eigenvalue weighted by atomic mass is 9.77. The van der Waals surface area contributed by atoms with Crippen molar-refractivity contribution in [2.45, 2.75) is 44.6 Å². The zero-order chi connectivity index (χ0) is 11.9. The van der Waals surface area contributed by atoms with Crippen LogP contribution < -0.4 is 11.1 Å². The van der Waals surface area contributed by atoms with Crippen LogP contribution >= 0.6 is 0 Å². The Morgan fingerprint density at radius 2 is 2.06 bits per heavy atom. The minimum absolute atomic E-state index is 0.446. The van der Waals surface area contributed by atoms with E-state index in [-0.39, 0.29) is 0 Å². The van der Waals surface area contributed by atoms with Crippen LogP contribution in [0.1, 0.15) is 39.0 Å². The summed E-state index contributed by atoms with van der Waals surface area (Å²) in [6, 6.07) is 0. The summed E-state index contributed by atoms with van der Waals surface area (Å²) in [6.45, 7) is 4.85. The van der Waals surface area contributed by atoms with E-state index in [1.807, 2.05) is 0 Å². The molecule has 0 spiro atoms. The summed E-state index contributed by atoms with van der Waals surface area (Å²) in [5, 5.41) is 14.0. The Morgan fingerprint density at radius 3 is 2.62 bits per heavy atom. The second-order valence-electron chi connectivity index (χ2n) is 4.73. The second-order valence-corrected chi connectivity index (χ2v) is 4.73. The molecule has 1 aliphatic heterocycles. The molecule has 0 aromatic heterocycles. The van der Waals surface area contributed by atoms with Crippen LogP contribution in [0.15, 0.2) is 12.2 Å². The Bertz CT molecular complexity index is 212. The van der Waals surface area contributed by atoms with Crippen LogP contribution in [0.2, 0.25) is 0 Å². The summed E-state index contributed by atoms with van der Waals surface area (Å²) in [5.41, 5.74) is 4.92. The van der Waals surface area contributed by atoms with Crippen LogP contribution in [0, 0.1) is 5.92 Å². The number of aliphatic hydroxyl groups is 1. The van der Waals surface area contributed by atoms with Crippen LogP contribution in [-0.2, 0) is 0 Å². The van der Waals surface area contributed by atoms with Crippen LogP contribution in [0.25, 0.3) is 0 Å². The van der Waals surface area contributed by atoms with Crippen molar-refractivity contribution in [1.82, 2.24) is 5.32 Å². The molecule has 1 atom stereocenters. The van der Waals surface area contributed by atoms with Gasteiger partial charge in [-0.3, -0.25) is 0 Å². The van der Waals surface area contributed by atoms with Gasteiger partial charge in [-0.2, -0.15) is 0 Å². The van der Waals surface area contributed by atoms with Crippen molar-refractivity contribution in [1.29, 1.82) is 0 Å². The molecule has 94 valence electrons. The molecule has 1 unspecified atom stereocenters. The molecular formula is C13H26N2O. The molecule has 0 aliphatic carbocycles. The van der Waals surface area contributed by atoms with Crippen molar-refractivity contribution >= 4 is 0 Å². The number of hydrogen-bond donors (Lipinski definition) is 3. The summed E-state index contributed by atoms with van der Waals surface area (Å²) in [6.07, 6.45) is 8.88. The quantitative estimate of drug-likeness (QED) is 0.600. The molecule has 0 saturated carbocycles. The van der Waals surface area contributed by atoms with E-state index in [2.05, 4.69) is 24.4 Å². The third kappa shape index (κ3) is 3.89. The Kier molecular flexibility index (Phi) is 6.03. The maximum atomic E-state index is 10.6. The Balaban J connectivity index is 2.47. The zero-order valence-corrected chi connectivity index (χ0v) is 10.4. The van der Waals surface area contributed by atoms with Crippen LogP contribution in [-0.4, -0.2) is 30.3 Å². The largest absolute Gasteiger partial charge is 0.389 e. The van der Waals surface area contributed by atoms with Crippen molar-refractivity contribution in [3.8, 4) is 0 Å². The van der Waals surface area contributed by atoms with E-state index >= 15 is 0 Å². The molecule has 1 rings (SSSR count). The minimum Gasteiger partial charge on any atom is -0.389 e. The highest BCUT2D eigenvalue weighted by Gasteiger charge is 2.34. The molecule has 1 saturated heterocycles. The van der Waals surface area contributed by atoms with Gasteiger partial charge >= 0.3 is 0 Å². The fraction of sp³-hybridized carbons (Fsp3) is 0.846. The van der Waals surface area contributed by atoms with Crippen LogP contribution in [0.5, 0.6) is 0 Å². The van der Waals surface area contributed by atoms with Gasteiger partial charge in [-0.25, -0.2) is 0 Å². The highest BCUT2D eigenvalue weighted by atomic mass is 16.3. The number of piperidine rings is 1. The van der Waals surface area contributed by atoms with E-state index < -0.39 is 5.60 Å². The number of nitrogens with two attached hydrogens (primary N) is 1. The van der Waals surface area contributed by atoms with Gasteiger partial charge in [-0.05, 0) is 57.7 Å². The average Bonchev–Trinajstić information content (AvgIpc) is 2.35. The minimum atomic E-state index is -0.507. The summed E-state index contributed by atoms with van der Waals surface area (Å²) in [5.74, 6) is 0.446. The highest BCUT2D eigenvalue weighted by Crippen LogP contribution is 2.32. The van der Waals surface area contributed by atoms with E-state index in [0.29, 0.717) is 12.5 Å². The first kappa shape index (κ1) is 13.7. The molecule has 4 N–H and O–H groups in total. The molecule has 3 nitrogen and oxygen atoms in total. The predicted octanol–water partition coefficient (Wildman–Crippen LogP) is 1.42. The molecule has 1 aliphatic rings. The van der Waals surface area contributed by atoms with Crippen LogP contribution in [0.4, 0.5) is 0 Å². The first-order chi connectivity index (χ1) is 7.73. The molecule has 0 aromatic carbocycles. The van der Waals surface area contributed by atoms with Gasteiger partial charge in [0.05, 0.1) is 5.60 Å². The predicted molar refractivity (Wildman–Crippen MR) is 68.3 cm³/mol. The topological polar surface area (TPSA) is 58.3 Å². The van der Waals surface area contributed by atoms with Gasteiger partial charge in [0.15, 0.2) is 0 Å². The molecule has 0 aromatic rings. The average molecular weight is 226 g/mol. The lowest BCUT2D eigenvalue weighted by Crippen LogP contribution is -2.43. The molecule has 1 fully saturated rings. The van der Waals surface area contributed by atoms with E-state index in [0.717, 1.165) is 45.2 Å². The van der Waals surface area contributed by atoms with E-state index in [9.17, 15) is 5.11 Å². The van der Waals surface area contributed by atoms with Gasteiger partial charge in [0.1, 0.15) is 0 Å². The molecule has 0 bridgehead atoms. The number of rotatable bonds is 6. The van der Waals surface area contributed by atoms with Gasteiger partial charge in [-0.1, -0.05) is 19.1 Å². The van der Waals surface area contributed by atoms with Gasteiger partial charge in [0.25, 0.3) is 0 Å². The normalized spacial score (nSPS) is 22.4. The Labute approximate surface area is 99.1 Å². The first-order valence-electron chi connectivity index (χ1n) is 6.51. The van der Waals surface area contributed by atoms with Gasteiger partial charge in [0.2, 0.25) is 0 Å². The van der Waals surface area contributed by atoms with E-state index in [4.69, 9.17) is 5.73 Å². The monoisotopic (exact) mass is 226 g/mol. The standard InChI is InChI=1S/C13H26N2O/c1-2-13(16,8-4-3-5-9-14)12-6-10-15-11-7-12/h3-4,12,15-16H,2,5-11,14H2,1H3/b4-3-. The summed E-state index contributed by atoms with van der Waals surface area (Å²) in [4.78, 5) is 0. The van der Waals surface area contributed by atoms with Crippen molar-refractivity contribution in [3.05, 3.63) is 12.2 Å².